The van der Waals surface area contributed by atoms with Crippen LogP contribution in [0.2, 0.25) is 0 Å². The molecule has 9 atom stereocenters. The van der Waals surface area contributed by atoms with Crippen LogP contribution >= 0.6 is 0 Å². The third kappa shape index (κ3) is 3.68. The van der Waals surface area contributed by atoms with E-state index < -0.39 is 64.4 Å². The van der Waals surface area contributed by atoms with Gasteiger partial charge in [-0.05, 0) is 43.6 Å². The Morgan fingerprint density at radius 2 is 1.73 bits per heavy atom. The average Bonchev–Trinajstić information content (AvgIpc) is 3.07. The zero-order chi connectivity index (χ0) is 27.6. The summed E-state index contributed by atoms with van der Waals surface area (Å²) in [6.45, 7) is 10.2. The second-order valence-electron chi connectivity index (χ2n) is 12.3. The van der Waals surface area contributed by atoms with Crippen LogP contribution in [0.4, 0.5) is 4.39 Å². The maximum absolute atomic E-state index is 17.6. The molecule has 0 amide bonds. The third-order valence-corrected chi connectivity index (χ3v) is 10.5. The minimum absolute atomic E-state index is 0.0104. The number of ketones is 2. The number of Topliss-reactive ketones (excluding diaryl/α,β-unsaturated/α-hetero) is 1. The van der Waals surface area contributed by atoms with Gasteiger partial charge in [0.15, 0.2) is 18.0 Å². The lowest BCUT2D eigenvalue weighted by Crippen LogP contribution is -2.71. The number of hydrogen-bond donors (Lipinski definition) is 1. The number of alkyl halides is 1. The number of esters is 2. The van der Waals surface area contributed by atoms with Crippen molar-refractivity contribution in [2.24, 2.45) is 34.5 Å². The number of carbonyl (C=O) groups is 4. The predicted molar refractivity (Wildman–Crippen MR) is 133 cm³/mol. The molecule has 37 heavy (non-hydrogen) atoms. The molecule has 3 fully saturated rings. The normalized spacial score (nSPS) is 44.7. The monoisotopic (exact) mass is 520 g/mol. The molecule has 8 heteroatoms. The molecule has 0 bridgehead atoms. The van der Waals surface area contributed by atoms with Crippen LogP contribution in [0.3, 0.4) is 0 Å². The number of fused-ring (bicyclic) bond motifs is 5. The van der Waals surface area contributed by atoms with Gasteiger partial charge >= 0.3 is 11.9 Å². The first-order chi connectivity index (χ1) is 17.2. The third-order valence-electron chi connectivity index (χ3n) is 10.5. The highest BCUT2D eigenvalue weighted by Crippen LogP contribution is 2.72. The number of hydrogen-bond acceptors (Lipinski definition) is 7. The molecule has 206 valence electrons. The number of aliphatic hydroxyl groups is 1. The molecule has 4 aliphatic rings. The Kier molecular flexibility index (Phi) is 7.01. The van der Waals surface area contributed by atoms with Crippen molar-refractivity contribution in [3.05, 3.63) is 11.6 Å². The van der Waals surface area contributed by atoms with E-state index in [0.29, 0.717) is 19.3 Å². The Balaban J connectivity index is 1.82. The first-order valence-corrected chi connectivity index (χ1v) is 13.8. The summed E-state index contributed by atoms with van der Waals surface area (Å²) in [5.74, 6) is -3.11. The second kappa shape index (κ2) is 9.28. The number of halogens is 1. The van der Waals surface area contributed by atoms with Gasteiger partial charge in [-0.3, -0.25) is 19.2 Å². The summed E-state index contributed by atoms with van der Waals surface area (Å²) in [6.07, 6.45) is 1.65. The Morgan fingerprint density at radius 1 is 1.08 bits per heavy atom. The topological polar surface area (TPSA) is 107 Å². The van der Waals surface area contributed by atoms with E-state index in [1.807, 2.05) is 27.7 Å². The molecule has 0 unspecified atom stereocenters. The SMILES string of the molecule is CCC(=O)OCC(=O)[C@@]1(OC(=O)CC)[C@@H](C)C[C@H]2[C@@H]3C[C@H](C)C4=CC(=O)CC[C@]4(C)[C@@]3(F)[C@@H](O)C[C@@]21C. The quantitative estimate of drug-likeness (QED) is 0.521. The second-order valence-corrected chi connectivity index (χ2v) is 12.3. The number of aliphatic hydroxyl groups excluding tert-OH is 1. The van der Waals surface area contributed by atoms with Crippen molar-refractivity contribution in [2.75, 3.05) is 6.61 Å². The van der Waals surface area contributed by atoms with Gasteiger partial charge in [0.1, 0.15) is 5.67 Å². The van der Waals surface area contributed by atoms with E-state index in [1.165, 1.54) is 0 Å². The van der Waals surface area contributed by atoms with Crippen molar-refractivity contribution in [2.45, 2.75) is 104 Å². The molecule has 4 rings (SSSR count). The maximum atomic E-state index is 17.6. The molecule has 0 saturated heterocycles. The summed E-state index contributed by atoms with van der Waals surface area (Å²) >= 11 is 0. The first-order valence-electron chi connectivity index (χ1n) is 13.8. The summed E-state index contributed by atoms with van der Waals surface area (Å²) in [4.78, 5) is 50.7. The van der Waals surface area contributed by atoms with E-state index >= 15 is 4.39 Å². The molecule has 0 aromatic heterocycles. The summed E-state index contributed by atoms with van der Waals surface area (Å²) in [5, 5.41) is 11.7. The van der Waals surface area contributed by atoms with Crippen LogP contribution in [0, 0.1) is 34.5 Å². The number of carbonyl (C=O) groups excluding carboxylic acids is 4. The van der Waals surface area contributed by atoms with Gasteiger partial charge in [0.05, 0.1) is 6.10 Å². The minimum atomic E-state index is -1.99. The van der Waals surface area contributed by atoms with Crippen molar-refractivity contribution in [3.63, 3.8) is 0 Å². The summed E-state index contributed by atoms with van der Waals surface area (Å²) < 4.78 is 28.8. The summed E-state index contributed by atoms with van der Waals surface area (Å²) in [7, 11) is 0. The van der Waals surface area contributed by atoms with Gasteiger partial charge in [-0.25, -0.2) is 4.39 Å². The summed E-state index contributed by atoms with van der Waals surface area (Å²) in [6, 6.07) is 0. The largest absolute Gasteiger partial charge is 0.457 e. The van der Waals surface area contributed by atoms with E-state index in [4.69, 9.17) is 9.47 Å². The molecule has 0 radical (unpaired) electrons. The molecule has 4 aliphatic carbocycles. The molecule has 0 aromatic rings. The Morgan fingerprint density at radius 3 is 2.35 bits per heavy atom. The maximum Gasteiger partial charge on any atom is 0.306 e. The van der Waals surface area contributed by atoms with Gasteiger partial charge in [-0.15, -0.1) is 0 Å². The van der Waals surface area contributed by atoms with Crippen LogP contribution in [-0.4, -0.2) is 52.6 Å². The van der Waals surface area contributed by atoms with E-state index in [-0.39, 0.29) is 43.3 Å². The molecule has 0 aliphatic heterocycles. The van der Waals surface area contributed by atoms with Gasteiger partial charge in [0.2, 0.25) is 5.78 Å². The lowest BCUT2D eigenvalue weighted by molar-refractivity contribution is -0.238. The molecule has 0 spiro atoms. The van der Waals surface area contributed by atoms with Crippen LogP contribution in [0.5, 0.6) is 0 Å². The molecule has 0 heterocycles. The number of allylic oxidation sites excluding steroid dienone is 1. The van der Waals surface area contributed by atoms with Crippen molar-refractivity contribution in [1.29, 1.82) is 0 Å². The fourth-order valence-corrected chi connectivity index (χ4v) is 8.76. The highest BCUT2D eigenvalue weighted by molar-refractivity contribution is 5.94. The molecular formula is C29H41FO7. The lowest BCUT2D eigenvalue weighted by Gasteiger charge is -2.64. The fraction of sp³-hybridized carbons (Fsp3) is 0.793. The zero-order valence-corrected chi connectivity index (χ0v) is 22.9. The Bertz CT molecular complexity index is 1040. The highest BCUT2D eigenvalue weighted by Gasteiger charge is 2.77. The van der Waals surface area contributed by atoms with Gasteiger partial charge in [-0.2, -0.15) is 0 Å². The fourth-order valence-electron chi connectivity index (χ4n) is 8.76. The standard InChI is InChI=1S/C29H41FO7/c1-7-24(34)36-15-23(33)29(37-25(35)8-2)17(4)12-20-21-11-16(3)19-13-18(31)9-10-26(19,5)28(21,30)22(32)14-27(20,29)6/h13,16-17,20-22,32H,7-12,14-15H2,1-6H3/t16-,17-,20-,21-,22-,26-,27-,28-,29-/m0/s1. The number of ether oxygens (including phenoxy) is 2. The molecule has 1 N–H and O–H groups in total. The van der Waals surface area contributed by atoms with Gasteiger partial charge in [-0.1, -0.05) is 47.1 Å². The summed E-state index contributed by atoms with van der Waals surface area (Å²) in [5.41, 5.74) is -4.93. The van der Waals surface area contributed by atoms with E-state index in [1.54, 1.807) is 19.9 Å². The van der Waals surface area contributed by atoms with Crippen LogP contribution in [0.15, 0.2) is 11.6 Å². The van der Waals surface area contributed by atoms with Crippen molar-refractivity contribution < 1.29 is 38.1 Å². The van der Waals surface area contributed by atoms with E-state index in [0.717, 1.165) is 5.57 Å². The van der Waals surface area contributed by atoms with Gasteiger partial charge < -0.3 is 14.6 Å². The molecule has 7 nitrogen and oxygen atoms in total. The van der Waals surface area contributed by atoms with E-state index in [2.05, 4.69) is 0 Å². The predicted octanol–water partition coefficient (Wildman–Crippen LogP) is 4.29. The van der Waals surface area contributed by atoms with Crippen molar-refractivity contribution in [3.8, 4) is 0 Å². The van der Waals surface area contributed by atoms with Crippen molar-refractivity contribution >= 4 is 23.5 Å². The zero-order valence-electron chi connectivity index (χ0n) is 22.9. The smallest absolute Gasteiger partial charge is 0.306 e. The highest BCUT2D eigenvalue weighted by atomic mass is 19.1. The van der Waals surface area contributed by atoms with Crippen LogP contribution in [0.25, 0.3) is 0 Å². The van der Waals surface area contributed by atoms with E-state index in [9.17, 15) is 24.3 Å². The Labute approximate surface area is 218 Å². The first kappa shape index (κ1) is 27.9. The minimum Gasteiger partial charge on any atom is -0.457 e. The molecule has 0 aromatic carbocycles. The average molecular weight is 521 g/mol. The van der Waals surface area contributed by atoms with Gasteiger partial charge in [0.25, 0.3) is 0 Å². The van der Waals surface area contributed by atoms with Gasteiger partial charge in [0, 0.05) is 41.9 Å². The van der Waals surface area contributed by atoms with Crippen LogP contribution < -0.4 is 0 Å². The van der Waals surface area contributed by atoms with Crippen LogP contribution in [-0.2, 0) is 28.7 Å². The Hall–Kier alpha value is -2.09. The number of rotatable bonds is 6. The molecular weight excluding hydrogens is 479 g/mol. The van der Waals surface area contributed by atoms with Crippen LogP contribution in [0.1, 0.15) is 86.5 Å². The lowest BCUT2D eigenvalue weighted by atomic mass is 9.42. The molecule has 3 saturated carbocycles. The van der Waals surface area contributed by atoms with Crippen molar-refractivity contribution in [1.82, 2.24) is 0 Å².